The zero-order valence-electron chi connectivity index (χ0n) is 11.6. The number of carbonyl (C=O) groups excluding carboxylic acids is 1. The van der Waals surface area contributed by atoms with Crippen LogP contribution in [0.1, 0.15) is 30.6 Å². The average molecular weight is 280 g/mol. The van der Waals surface area contributed by atoms with Crippen LogP contribution in [0.4, 0.5) is 0 Å². The Morgan fingerprint density at radius 3 is 2.89 bits per heavy atom. The molecule has 2 heterocycles. The molecule has 19 heavy (non-hydrogen) atoms. The third-order valence-corrected chi connectivity index (χ3v) is 4.38. The summed E-state index contributed by atoms with van der Waals surface area (Å²) in [5, 5.41) is 10.8. The van der Waals surface area contributed by atoms with Crippen molar-refractivity contribution in [3.05, 3.63) is 23.9 Å². The van der Waals surface area contributed by atoms with Crippen molar-refractivity contribution in [2.45, 2.75) is 30.9 Å². The molecule has 1 aliphatic rings. The van der Waals surface area contributed by atoms with Crippen LogP contribution in [-0.4, -0.2) is 45.8 Å². The zero-order valence-corrected chi connectivity index (χ0v) is 12.4. The maximum absolute atomic E-state index is 12.5. The van der Waals surface area contributed by atoms with Crippen LogP contribution in [0.3, 0.4) is 0 Å². The zero-order chi connectivity index (χ0) is 14.0. The Labute approximate surface area is 118 Å². The normalized spacial score (nSPS) is 19.8. The summed E-state index contributed by atoms with van der Waals surface area (Å²) in [5.74, 6) is 0.162. The third kappa shape index (κ3) is 3.09. The first-order valence-electron chi connectivity index (χ1n) is 6.44. The predicted molar refractivity (Wildman–Crippen MR) is 76.3 cm³/mol. The molecule has 4 nitrogen and oxygen atoms in total. The summed E-state index contributed by atoms with van der Waals surface area (Å²) >= 11 is 1.48. The van der Waals surface area contributed by atoms with Gasteiger partial charge in [0, 0.05) is 25.2 Å². The minimum atomic E-state index is -0.730. The van der Waals surface area contributed by atoms with Gasteiger partial charge in [-0.25, -0.2) is 4.98 Å². The topological polar surface area (TPSA) is 53.4 Å². The molecule has 2 rings (SSSR count). The highest BCUT2D eigenvalue weighted by Gasteiger charge is 2.36. The largest absolute Gasteiger partial charge is 0.390 e. The molecule has 1 aromatic heterocycles. The van der Waals surface area contributed by atoms with Crippen LogP contribution in [0.15, 0.2) is 23.4 Å². The summed E-state index contributed by atoms with van der Waals surface area (Å²) in [4.78, 5) is 18.5. The number of thioether (sulfide) groups is 1. The number of aromatic nitrogens is 1. The van der Waals surface area contributed by atoms with E-state index in [1.54, 1.807) is 12.3 Å². The van der Waals surface area contributed by atoms with Crippen molar-refractivity contribution in [1.82, 2.24) is 9.88 Å². The van der Waals surface area contributed by atoms with E-state index < -0.39 is 5.60 Å². The van der Waals surface area contributed by atoms with Gasteiger partial charge in [-0.1, -0.05) is 0 Å². The number of nitrogens with zero attached hydrogens (tertiary/aromatic N) is 2. The van der Waals surface area contributed by atoms with Gasteiger partial charge in [0.15, 0.2) is 0 Å². The summed E-state index contributed by atoms with van der Waals surface area (Å²) in [7, 11) is 0. The number of pyridine rings is 1. The molecule has 1 aromatic rings. The molecule has 0 spiro atoms. The molecule has 1 unspecified atom stereocenters. The van der Waals surface area contributed by atoms with Crippen LogP contribution in [0.5, 0.6) is 0 Å². The van der Waals surface area contributed by atoms with E-state index in [9.17, 15) is 9.90 Å². The van der Waals surface area contributed by atoms with E-state index >= 15 is 0 Å². The van der Waals surface area contributed by atoms with Gasteiger partial charge in [-0.2, -0.15) is 0 Å². The number of hydrogen-bond acceptors (Lipinski definition) is 4. The molecular formula is C14H20N2O2S. The Morgan fingerprint density at radius 2 is 2.32 bits per heavy atom. The molecule has 1 N–H and O–H groups in total. The average Bonchev–Trinajstić information content (AvgIpc) is 2.87. The SMILES string of the molecule is CSc1ncccc1C(=O)N1CCC(C(C)(C)O)C1. The van der Waals surface area contributed by atoms with Crippen LogP contribution in [-0.2, 0) is 0 Å². The third-order valence-electron chi connectivity index (χ3n) is 3.67. The van der Waals surface area contributed by atoms with E-state index in [1.165, 1.54) is 11.8 Å². The molecule has 0 aromatic carbocycles. The van der Waals surface area contributed by atoms with Gasteiger partial charge in [0.25, 0.3) is 5.91 Å². The lowest BCUT2D eigenvalue weighted by molar-refractivity contribution is 0.0211. The lowest BCUT2D eigenvalue weighted by Crippen LogP contribution is -2.35. The first-order valence-corrected chi connectivity index (χ1v) is 7.66. The molecule has 0 aliphatic carbocycles. The van der Waals surface area contributed by atoms with Crippen LogP contribution >= 0.6 is 11.8 Å². The van der Waals surface area contributed by atoms with Gasteiger partial charge in [-0.3, -0.25) is 4.79 Å². The lowest BCUT2D eigenvalue weighted by Gasteiger charge is -2.25. The summed E-state index contributed by atoms with van der Waals surface area (Å²) in [5.41, 5.74) is -0.0712. The van der Waals surface area contributed by atoms with Crippen LogP contribution in [0.25, 0.3) is 0 Å². The number of aliphatic hydroxyl groups is 1. The van der Waals surface area contributed by atoms with Crippen LogP contribution in [0, 0.1) is 5.92 Å². The molecule has 0 bridgehead atoms. The van der Waals surface area contributed by atoms with Crippen molar-refractivity contribution < 1.29 is 9.90 Å². The number of likely N-dealkylation sites (tertiary alicyclic amines) is 1. The summed E-state index contributed by atoms with van der Waals surface area (Å²) in [6.45, 7) is 4.94. The monoisotopic (exact) mass is 280 g/mol. The smallest absolute Gasteiger partial charge is 0.256 e. The predicted octanol–water partition coefficient (Wildman–Crippen LogP) is 2.04. The fourth-order valence-corrected chi connectivity index (χ4v) is 2.95. The lowest BCUT2D eigenvalue weighted by atomic mass is 9.90. The van der Waals surface area contributed by atoms with E-state index in [1.807, 2.05) is 31.1 Å². The first kappa shape index (κ1) is 14.3. The van der Waals surface area contributed by atoms with Gasteiger partial charge < -0.3 is 10.0 Å². The quantitative estimate of drug-likeness (QED) is 0.861. The van der Waals surface area contributed by atoms with Gasteiger partial charge in [0.1, 0.15) is 5.03 Å². The Hall–Kier alpha value is -1.07. The molecule has 1 fully saturated rings. The summed E-state index contributed by atoms with van der Waals surface area (Å²) in [6, 6.07) is 3.61. The second-order valence-corrected chi connectivity index (χ2v) is 6.25. The molecule has 104 valence electrons. The fourth-order valence-electron chi connectivity index (χ4n) is 2.41. The van der Waals surface area contributed by atoms with Crippen molar-refractivity contribution >= 4 is 17.7 Å². The highest BCUT2D eigenvalue weighted by Crippen LogP contribution is 2.29. The van der Waals surface area contributed by atoms with Crippen molar-refractivity contribution in [3.63, 3.8) is 0 Å². The Balaban J connectivity index is 2.14. The van der Waals surface area contributed by atoms with Crippen LogP contribution < -0.4 is 0 Å². The minimum absolute atomic E-state index is 0.0178. The number of amides is 1. The Bertz CT molecular complexity index is 471. The van der Waals surface area contributed by atoms with E-state index in [-0.39, 0.29) is 11.8 Å². The molecule has 5 heteroatoms. The van der Waals surface area contributed by atoms with Crippen molar-refractivity contribution in [2.75, 3.05) is 19.3 Å². The number of carbonyl (C=O) groups is 1. The minimum Gasteiger partial charge on any atom is -0.390 e. The summed E-state index contributed by atoms with van der Waals surface area (Å²) in [6.07, 6.45) is 4.47. The van der Waals surface area contributed by atoms with Crippen molar-refractivity contribution in [3.8, 4) is 0 Å². The fraction of sp³-hybridized carbons (Fsp3) is 0.571. The van der Waals surface area contributed by atoms with E-state index in [2.05, 4.69) is 4.98 Å². The van der Waals surface area contributed by atoms with Crippen molar-refractivity contribution in [1.29, 1.82) is 0 Å². The molecule has 1 saturated heterocycles. The maximum Gasteiger partial charge on any atom is 0.256 e. The maximum atomic E-state index is 12.5. The van der Waals surface area contributed by atoms with E-state index in [0.717, 1.165) is 11.4 Å². The highest BCUT2D eigenvalue weighted by molar-refractivity contribution is 7.98. The Morgan fingerprint density at radius 1 is 1.58 bits per heavy atom. The van der Waals surface area contributed by atoms with Gasteiger partial charge in [-0.05, 0) is 38.7 Å². The highest BCUT2D eigenvalue weighted by atomic mass is 32.2. The second kappa shape index (κ2) is 5.51. The molecule has 0 saturated carbocycles. The molecule has 1 aliphatic heterocycles. The van der Waals surface area contributed by atoms with Gasteiger partial charge in [0.05, 0.1) is 11.2 Å². The first-order chi connectivity index (χ1) is 8.93. The number of rotatable bonds is 3. The molecule has 1 amide bonds. The molecule has 0 radical (unpaired) electrons. The van der Waals surface area contributed by atoms with Crippen molar-refractivity contribution in [2.24, 2.45) is 5.92 Å². The van der Waals surface area contributed by atoms with Gasteiger partial charge in [0.2, 0.25) is 0 Å². The Kier molecular flexibility index (Phi) is 4.16. The standard InChI is InChI=1S/C14H20N2O2S/c1-14(2,18)10-6-8-16(9-10)13(17)11-5-4-7-15-12(11)19-3/h4-5,7,10,18H,6,8-9H2,1-3H3. The van der Waals surface area contributed by atoms with Gasteiger partial charge >= 0.3 is 0 Å². The van der Waals surface area contributed by atoms with Gasteiger partial charge in [-0.15, -0.1) is 11.8 Å². The second-order valence-electron chi connectivity index (χ2n) is 5.45. The molecular weight excluding hydrogens is 260 g/mol. The van der Waals surface area contributed by atoms with E-state index in [0.29, 0.717) is 18.7 Å². The van der Waals surface area contributed by atoms with Crippen LogP contribution in [0.2, 0.25) is 0 Å². The van der Waals surface area contributed by atoms with E-state index in [4.69, 9.17) is 0 Å². The molecule has 1 atom stereocenters. The summed E-state index contributed by atoms with van der Waals surface area (Å²) < 4.78 is 0. The number of hydrogen-bond donors (Lipinski definition) is 1.